The Labute approximate surface area is 151 Å². The predicted octanol–water partition coefficient (Wildman–Crippen LogP) is 4.51. The number of amides is 1. The van der Waals surface area contributed by atoms with Crippen molar-refractivity contribution in [1.82, 2.24) is 5.32 Å². The minimum Gasteiger partial charge on any atom is -0.481 e. The molecule has 0 aliphatic carbocycles. The first kappa shape index (κ1) is 19.0. The number of rotatable bonds is 7. The van der Waals surface area contributed by atoms with Crippen LogP contribution in [0.15, 0.2) is 36.4 Å². The highest BCUT2D eigenvalue weighted by Crippen LogP contribution is 2.20. The SMILES string of the molecule is CCc1ccc(CC)c(CNC(=O)[C@H](C)Oc2ccc(C)cc2C)c1. The van der Waals surface area contributed by atoms with E-state index in [1.54, 1.807) is 6.92 Å². The van der Waals surface area contributed by atoms with Gasteiger partial charge in [0.25, 0.3) is 5.91 Å². The van der Waals surface area contributed by atoms with Gasteiger partial charge in [-0.25, -0.2) is 0 Å². The summed E-state index contributed by atoms with van der Waals surface area (Å²) in [5.74, 6) is 0.666. The fourth-order valence-corrected chi connectivity index (χ4v) is 2.91. The number of carbonyl (C=O) groups is 1. The molecule has 0 fully saturated rings. The van der Waals surface area contributed by atoms with Crippen molar-refractivity contribution in [2.24, 2.45) is 0 Å². The third-order valence-corrected chi connectivity index (χ3v) is 4.52. The molecule has 1 atom stereocenters. The van der Waals surface area contributed by atoms with Crippen molar-refractivity contribution in [2.45, 2.75) is 60.1 Å². The molecular formula is C22H29NO2. The number of carbonyl (C=O) groups excluding carboxylic acids is 1. The lowest BCUT2D eigenvalue weighted by Gasteiger charge is -2.17. The van der Waals surface area contributed by atoms with Crippen molar-refractivity contribution in [3.63, 3.8) is 0 Å². The van der Waals surface area contributed by atoms with Gasteiger partial charge < -0.3 is 10.1 Å². The van der Waals surface area contributed by atoms with Gasteiger partial charge in [-0.05, 0) is 61.9 Å². The molecule has 1 N–H and O–H groups in total. The average molecular weight is 339 g/mol. The minimum atomic E-state index is -0.527. The number of hydrogen-bond donors (Lipinski definition) is 1. The highest BCUT2D eigenvalue weighted by atomic mass is 16.5. The Kier molecular flexibility index (Phi) is 6.63. The van der Waals surface area contributed by atoms with Gasteiger partial charge in [-0.2, -0.15) is 0 Å². The van der Waals surface area contributed by atoms with Crippen LogP contribution in [0.4, 0.5) is 0 Å². The Morgan fingerprint density at radius 2 is 1.80 bits per heavy atom. The molecule has 0 saturated heterocycles. The van der Waals surface area contributed by atoms with Crippen LogP contribution in [0.25, 0.3) is 0 Å². The molecule has 2 aromatic rings. The minimum absolute atomic E-state index is 0.0936. The number of ether oxygens (including phenoxy) is 1. The molecule has 1 amide bonds. The van der Waals surface area contributed by atoms with Gasteiger partial charge in [0, 0.05) is 6.54 Å². The van der Waals surface area contributed by atoms with Crippen LogP contribution in [-0.2, 0) is 24.2 Å². The first-order chi connectivity index (χ1) is 11.9. The van der Waals surface area contributed by atoms with Crippen molar-refractivity contribution in [2.75, 3.05) is 0 Å². The lowest BCUT2D eigenvalue weighted by atomic mass is 10.0. The Bertz CT molecular complexity index is 737. The predicted molar refractivity (Wildman–Crippen MR) is 103 cm³/mol. The van der Waals surface area contributed by atoms with Crippen molar-refractivity contribution in [3.8, 4) is 5.75 Å². The van der Waals surface area contributed by atoms with E-state index in [2.05, 4.69) is 43.4 Å². The van der Waals surface area contributed by atoms with Crippen LogP contribution >= 0.6 is 0 Å². The summed E-state index contributed by atoms with van der Waals surface area (Å²) in [6.07, 6.45) is 1.43. The zero-order chi connectivity index (χ0) is 18.4. The molecule has 0 aliphatic rings. The van der Waals surface area contributed by atoms with Crippen molar-refractivity contribution >= 4 is 5.91 Å². The molecule has 0 aliphatic heterocycles. The summed E-state index contributed by atoms with van der Waals surface area (Å²) in [7, 11) is 0. The summed E-state index contributed by atoms with van der Waals surface area (Å²) >= 11 is 0. The summed E-state index contributed by atoms with van der Waals surface area (Å²) < 4.78 is 5.84. The Morgan fingerprint density at radius 1 is 1.04 bits per heavy atom. The maximum absolute atomic E-state index is 12.4. The van der Waals surface area contributed by atoms with Crippen LogP contribution in [0.1, 0.15) is 48.6 Å². The van der Waals surface area contributed by atoms with Gasteiger partial charge in [-0.1, -0.05) is 49.7 Å². The summed E-state index contributed by atoms with van der Waals surface area (Å²) in [5, 5.41) is 3.01. The molecule has 2 rings (SSSR count). The fourth-order valence-electron chi connectivity index (χ4n) is 2.91. The lowest BCUT2D eigenvalue weighted by Crippen LogP contribution is -2.36. The standard InChI is InChI=1S/C22H29NO2/c1-6-18-9-10-19(7-2)20(13-18)14-23-22(24)17(5)25-21-11-8-15(3)12-16(21)4/h8-13,17H,6-7,14H2,1-5H3,(H,23,24)/t17-/m0/s1. The molecule has 134 valence electrons. The van der Waals surface area contributed by atoms with Crippen LogP contribution in [0, 0.1) is 13.8 Å². The Hall–Kier alpha value is -2.29. The normalized spacial score (nSPS) is 11.9. The van der Waals surface area contributed by atoms with Crippen LogP contribution in [0.2, 0.25) is 0 Å². The fraction of sp³-hybridized carbons (Fsp3) is 0.409. The molecule has 25 heavy (non-hydrogen) atoms. The van der Waals surface area contributed by atoms with Crippen molar-refractivity contribution in [1.29, 1.82) is 0 Å². The second kappa shape index (κ2) is 8.70. The number of benzene rings is 2. The maximum atomic E-state index is 12.4. The van der Waals surface area contributed by atoms with Crippen molar-refractivity contribution in [3.05, 3.63) is 64.2 Å². The molecule has 0 radical (unpaired) electrons. The molecule has 0 heterocycles. The summed E-state index contributed by atoms with van der Waals surface area (Å²) in [5.41, 5.74) is 5.99. The van der Waals surface area contributed by atoms with E-state index in [0.717, 1.165) is 24.2 Å². The van der Waals surface area contributed by atoms with Gasteiger partial charge in [-0.15, -0.1) is 0 Å². The van der Waals surface area contributed by atoms with Crippen molar-refractivity contribution < 1.29 is 9.53 Å². The molecule has 2 aromatic carbocycles. The highest BCUT2D eigenvalue weighted by Gasteiger charge is 2.16. The van der Waals surface area contributed by atoms with Gasteiger partial charge in [0.05, 0.1) is 0 Å². The van der Waals surface area contributed by atoms with Crippen LogP contribution in [0.5, 0.6) is 5.75 Å². The van der Waals surface area contributed by atoms with Gasteiger partial charge in [-0.3, -0.25) is 4.79 Å². The molecular weight excluding hydrogens is 310 g/mol. The van der Waals surface area contributed by atoms with E-state index >= 15 is 0 Å². The lowest BCUT2D eigenvalue weighted by molar-refractivity contribution is -0.127. The number of nitrogens with one attached hydrogen (secondary N) is 1. The molecule has 0 saturated carbocycles. The van der Waals surface area contributed by atoms with Crippen LogP contribution in [0.3, 0.4) is 0 Å². The van der Waals surface area contributed by atoms with Gasteiger partial charge in [0.2, 0.25) is 0 Å². The van der Waals surface area contributed by atoms with Gasteiger partial charge in [0.1, 0.15) is 5.75 Å². The Balaban J connectivity index is 1.99. The Morgan fingerprint density at radius 3 is 2.44 bits per heavy atom. The maximum Gasteiger partial charge on any atom is 0.261 e. The topological polar surface area (TPSA) is 38.3 Å². The first-order valence-electron chi connectivity index (χ1n) is 9.06. The summed E-state index contributed by atoms with van der Waals surface area (Å²) in [6.45, 7) is 10.6. The third kappa shape index (κ3) is 5.09. The van der Waals surface area contributed by atoms with Crippen LogP contribution in [-0.4, -0.2) is 12.0 Å². The van der Waals surface area contributed by atoms with E-state index in [0.29, 0.717) is 6.54 Å². The molecule has 0 bridgehead atoms. The summed E-state index contributed by atoms with van der Waals surface area (Å²) in [4.78, 5) is 12.4. The van der Waals surface area contributed by atoms with Gasteiger partial charge >= 0.3 is 0 Å². The van der Waals surface area contributed by atoms with E-state index in [1.807, 2.05) is 26.0 Å². The second-order valence-corrected chi connectivity index (χ2v) is 6.56. The number of hydrogen-bond acceptors (Lipinski definition) is 2. The zero-order valence-corrected chi connectivity index (χ0v) is 16.0. The zero-order valence-electron chi connectivity index (χ0n) is 16.0. The highest BCUT2D eigenvalue weighted by molar-refractivity contribution is 5.80. The second-order valence-electron chi connectivity index (χ2n) is 6.56. The number of aryl methyl sites for hydroxylation is 4. The van der Waals surface area contributed by atoms with E-state index in [4.69, 9.17) is 4.74 Å². The molecule has 0 spiro atoms. The molecule has 3 heteroatoms. The first-order valence-corrected chi connectivity index (χ1v) is 9.06. The largest absolute Gasteiger partial charge is 0.481 e. The quantitative estimate of drug-likeness (QED) is 0.806. The molecule has 0 unspecified atom stereocenters. The van der Waals surface area contributed by atoms with Crippen LogP contribution < -0.4 is 10.1 Å². The molecule has 0 aromatic heterocycles. The van der Waals surface area contributed by atoms with E-state index < -0.39 is 6.10 Å². The third-order valence-electron chi connectivity index (χ3n) is 4.52. The van der Waals surface area contributed by atoms with E-state index in [9.17, 15) is 4.79 Å². The molecule has 3 nitrogen and oxygen atoms in total. The summed E-state index contributed by atoms with van der Waals surface area (Å²) in [6, 6.07) is 12.5. The average Bonchev–Trinajstić information content (AvgIpc) is 2.61. The monoisotopic (exact) mass is 339 g/mol. The van der Waals surface area contributed by atoms with Gasteiger partial charge in [0.15, 0.2) is 6.10 Å². The smallest absolute Gasteiger partial charge is 0.261 e. The van der Waals surface area contributed by atoms with E-state index in [1.165, 1.54) is 22.3 Å². The van der Waals surface area contributed by atoms with E-state index in [-0.39, 0.29) is 5.91 Å².